The summed E-state index contributed by atoms with van der Waals surface area (Å²) in [6, 6.07) is 6.74. The van der Waals surface area contributed by atoms with E-state index in [2.05, 4.69) is 30.4 Å². The number of aliphatic hydroxyl groups excluding tert-OH is 1. The number of hydrogen-bond donors (Lipinski definition) is 2. The third kappa shape index (κ3) is 2.03. The fourth-order valence-corrected chi connectivity index (χ4v) is 3.67. The van der Waals surface area contributed by atoms with Gasteiger partial charge in [-0.2, -0.15) is 0 Å². The highest BCUT2D eigenvalue weighted by Gasteiger charge is 2.34. The zero-order valence-electron chi connectivity index (χ0n) is 11.2. The van der Waals surface area contributed by atoms with Gasteiger partial charge in [0.15, 0.2) is 0 Å². The van der Waals surface area contributed by atoms with Gasteiger partial charge in [-0.25, -0.2) is 0 Å². The Hall–Kier alpha value is -1.02. The lowest BCUT2D eigenvalue weighted by atomic mass is 9.85. The third-order valence-corrected chi connectivity index (χ3v) is 4.68. The normalized spacial score (nSPS) is 27.9. The number of rotatable bonds is 2. The van der Waals surface area contributed by atoms with Crippen molar-refractivity contribution in [3.8, 4) is 0 Å². The standard InChI is InChI=1S/C16H23NO/c1-2-11-8-5-9-13-10-14(18)16(17-15(11)13)12-6-3-4-7-12/h5,8-9,12,14,16-18H,2-4,6-7,10H2,1H3. The molecule has 2 aliphatic rings. The second kappa shape index (κ2) is 4.93. The predicted molar refractivity (Wildman–Crippen MR) is 74.9 cm³/mol. The summed E-state index contributed by atoms with van der Waals surface area (Å²) in [6.45, 7) is 2.20. The molecule has 0 amide bonds. The van der Waals surface area contributed by atoms with Crippen LogP contribution in [0.15, 0.2) is 18.2 Å². The Labute approximate surface area is 109 Å². The molecule has 2 heteroatoms. The van der Waals surface area contributed by atoms with Crippen molar-refractivity contribution < 1.29 is 5.11 Å². The molecule has 2 atom stereocenters. The molecule has 1 aliphatic heterocycles. The monoisotopic (exact) mass is 245 g/mol. The zero-order valence-corrected chi connectivity index (χ0v) is 11.2. The van der Waals surface area contributed by atoms with Crippen LogP contribution < -0.4 is 5.32 Å². The average molecular weight is 245 g/mol. The van der Waals surface area contributed by atoms with Gasteiger partial charge in [0.2, 0.25) is 0 Å². The molecule has 0 radical (unpaired) electrons. The van der Waals surface area contributed by atoms with Crippen molar-refractivity contribution in [2.75, 3.05) is 5.32 Å². The van der Waals surface area contributed by atoms with Crippen molar-refractivity contribution in [2.24, 2.45) is 5.92 Å². The molecule has 1 fully saturated rings. The largest absolute Gasteiger partial charge is 0.391 e. The van der Waals surface area contributed by atoms with E-state index in [0.717, 1.165) is 12.8 Å². The molecule has 2 N–H and O–H groups in total. The Morgan fingerprint density at radius 3 is 2.78 bits per heavy atom. The number of fused-ring (bicyclic) bond motifs is 1. The molecule has 1 aromatic rings. The van der Waals surface area contributed by atoms with E-state index in [4.69, 9.17) is 0 Å². The molecular formula is C16H23NO. The van der Waals surface area contributed by atoms with Gasteiger partial charge >= 0.3 is 0 Å². The number of nitrogens with one attached hydrogen (secondary N) is 1. The molecule has 1 saturated carbocycles. The quantitative estimate of drug-likeness (QED) is 0.839. The van der Waals surface area contributed by atoms with Crippen LogP contribution in [0.2, 0.25) is 0 Å². The summed E-state index contributed by atoms with van der Waals surface area (Å²) in [5.74, 6) is 0.665. The van der Waals surface area contributed by atoms with Gasteiger partial charge in [-0.05, 0) is 36.3 Å². The molecule has 0 aromatic heterocycles. The van der Waals surface area contributed by atoms with E-state index in [1.54, 1.807) is 0 Å². The fraction of sp³-hybridized carbons (Fsp3) is 0.625. The van der Waals surface area contributed by atoms with Crippen LogP contribution >= 0.6 is 0 Å². The van der Waals surface area contributed by atoms with Crippen molar-refractivity contribution in [3.63, 3.8) is 0 Å². The Morgan fingerprint density at radius 1 is 1.28 bits per heavy atom. The molecule has 1 aliphatic carbocycles. The van der Waals surface area contributed by atoms with E-state index in [1.165, 1.54) is 42.5 Å². The lowest BCUT2D eigenvalue weighted by Gasteiger charge is -2.36. The highest BCUT2D eigenvalue weighted by molar-refractivity contribution is 5.60. The zero-order chi connectivity index (χ0) is 12.5. The average Bonchev–Trinajstić information content (AvgIpc) is 2.90. The van der Waals surface area contributed by atoms with Gasteiger partial charge in [0.25, 0.3) is 0 Å². The number of benzene rings is 1. The van der Waals surface area contributed by atoms with Crippen LogP contribution in [0.5, 0.6) is 0 Å². The number of aryl methyl sites for hydroxylation is 1. The second-order valence-corrected chi connectivity index (χ2v) is 5.79. The van der Waals surface area contributed by atoms with Crippen LogP contribution in [0.25, 0.3) is 0 Å². The SMILES string of the molecule is CCc1cccc2c1NC(C1CCCC1)C(O)C2. The topological polar surface area (TPSA) is 32.3 Å². The first-order chi connectivity index (χ1) is 8.79. The van der Waals surface area contributed by atoms with Gasteiger partial charge in [-0.1, -0.05) is 38.0 Å². The molecule has 0 bridgehead atoms. The van der Waals surface area contributed by atoms with E-state index in [1.807, 2.05) is 0 Å². The van der Waals surface area contributed by atoms with Gasteiger partial charge in [-0.3, -0.25) is 0 Å². The summed E-state index contributed by atoms with van der Waals surface area (Å²) in [5.41, 5.74) is 3.99. The number of aliphatic hydroxyl groups is 1. The van der Waals surface area contributed by atoms with Gasteiger partial charge in [-0.15, -0.1) is 0 Å². The summed E-state index contributed by atoms with van der Waals surface area (Å²) in [4.78, 5) is 0. The molecule has 1 aromatic carbocycles. The first kappa shape index (κ1) is 12.0. The number of para-hydroxylation sites is 1. The van der Waals surface area contributed by atoms with E-state index >= 15 is 0 Å². The van der Waals surface area contributed by atoms with Gasteiger partial charge < -0.3 is 10.4 Å². The van der Waals surface area contributed by atoms with Gasteiger partial charge in [0, 0.05) is 12.1 Å². The van der Waals surface area contributed by atoms with Crippen molar-refractivity contribution in [1.82, 2.24) is 0 Å². The molecular weight excluding hydrogens is 222 g/mol. The molecule has 0 saturated heterocycles. The first-order valence-corrected chi connectivity index (χ1v) is 7.35. The van der Waals surface area contributed by atoms with Crippen molar-refractivity contribution in [1.29, 1.82) is 0 Å². The van der Waals surface area contributed by atoms with Crippen LogP contribution in [-0.4, -0.2) is 17.3 Å². The maximum absolute atomic E-state index is 10.4. The van der Waals surface area contributed by atoms with Crippen LogP contribution in [-0.2, 0) is 12.8 Å². The highest BCUT2D eigenvalue weighted by Crippen LogP contribution is 2.36. The van der Waals surface area contributed by atoms with E-state index in [-0.39, 0.29) is 12.1 Å². The van der Waals surface area contributed by atoms with Gasteiger partial charge in [0.05, 0.1) is 12.1 Å². The molecule has 18 heavy (non-hydrogen) atoms. The second-order valence-electron chi connectivity index (χ2n) is 5.79. The minimum absolute atomic E-state index is 0.215. The van der Waals surface area contributed by atoms with Crippen molar-refractivity contribution >= 4 is 5.69 Å². The predicted octanol–water partition coefficient (Wildman–Crippen LogP) is 3.14. The molecule has 1 heterocycles. The Morgan fingerprint density at radius 2 is 2.06 bits per heavy atom. The van der Waals surface area contributed by atoms with Crippen LogP contribution in [0.1, 0.15) is 43.7 Å². The van der Waals surface area contributed by atoms with Crippen LogP contribution in [0.3, 0.4) is 0 Å². The molecule has 3 rings (SSSR count). The van der Waals surface area contributed by atoms with Crippen LogP contribution in [0.4, 0.5) is 5.69 Å². The van der Waals surface area contributed by atoms with E-state index in [9.17, 15) is 5.11 Å². The minimum Gasteiger partial charge on any atom is -0.391 e. The first-order valence-electron chi connectivity index (χ1n) is 7.35. The summed E-state index contributed by atoms with van der Waals surface area (Å²) in [5, 5.41) is 14.0. The molecule has 0 spiro atoms. The fourth-order valence-electron chi connectivity index (χ4n) is 3.67. The Kier molecular flexibility index (Phi) is 3.29. The van der Waals surface area contributed by atoms with Crippen molar-refractivity contribution in [2.45, 2.75) is 57.6 Å². The number of anilines is 1. The van der Waals surface area contributed by atoms with Crippen LogP contribution in [0, 0.1) is 5.92 Å². The summed E-state index contributed by atoms with van der Waals surface area (Å²) >= 11 is 0. The molecule has 2 unspecified atom stereocenters. The minimum atomic E-state index is -0.215. The summed E-state index contributed by atoms with van der Waals surface area (Å²) in [7, 11) is 0. The maximum atomic E-state index is 10.4. The Balaban J connectivity index is 1.89. The third-order valence-electron chi connectivity index (χ3n) is 4.68. The number of hydrogen-bond acceptors (Lipinski definition) is 2. The smallest absolute Gasteiger partial charge is 0.0784 e. The van der Waals surface area contributed by atoms with Gasteiger partial charge in [0.1, 0.15) is 0 Å². The lowest BCUT2D eigenvalue weighted by Crippen LogP contribution is -2.44. The highest BCUT2D eigenvalue weighted by atomic mass is 16.3. The van der Waals surface area contributed by atoms with Crippen molar-refractivity contribution in [3.05, 3.63) is 29.3 Å². The summed E-state index contributed by atoms with van der Waals surface area (Å²) < 4.78 is 0. The van der Waals surface area contributed by atoms with E-state index < -0.39 is 0 Å². The lowest BCUT2D eigenvalue weighted by molar-refractivity contribution is 0.122. The Bertz CT molecular complexity index is 423. The molecule has 2 nitrogen and oxygen atoms in total. The molecule has 98 valence electrons. The maximum Gasteiger partial charge on any atom is 0.0784 e. The van der Waals surface area contributed by atoms with E-state index in [0.29, 0.717) is 5.92 Å². The summed E-state index contributed by atoms with van der Waals surface area (Å²) in [6.07, 6.45) is 6.88.